The highest BCUT2D eigenvalue weighted by atomic mass is 16.4. The van der Waals surface area contributed by atoms with Crippen LogP contribution in [0.1, 0.15) is 68.4 Å². The van der Waals surface area contributed by atoms with Crippen LogP contribution in [0.25, 0.3) is 49.9 Å². The second kappa shape index (κ2) is 10.2. The number of carbonyl (C=O) groups is 1. The van der Waals surface area contributed by atoms with E-state index in [9.17, 15) is 9.90 Å². The number of allylic oxidation sites excluding steroid dienone is 4. The number of hydrogen-bond acceptors (Lipinski definition) is 1. The fourth-order valence-electron chi connectivity index (χ4n) is 7.63. The van der Waals surface area contributed by atoms with Crippen LogP contribution in [0.3, 0.4) is 0 Å². The molecule has 0 aromatic heterocycles. The second-order valence-corrected chi connectivity index (χ2v) is 13.9. The zero-order chi connectivity index (χ0) is 30.8. The number of aliphatic carboxylic acids is 1. The van der Waals surface area contributed by atoms with E-state index in [1.807, 2.05) is 48.5 Å². The fourth-order valence-corrected chi connectivity index (χ4v) is 7.63. The second-order valence-electron chi connectivity index (χ2n) is 13.9. The molecule has 0 fully saturated rings. The monoisotopic (exact) mass is 574 g/mol. The molecule has 0 heterocycles. The van der Waals surface area contributed by atoms with Gasteiger partial charge in [0.05, 0.1) is 5.57 Å². The highest BCUT2D eigenvalue weighted by Gasteiger charge is 2.36. The molecule has 2 heteroatoms. The Kier molecular flexibility index (Phi) is 6.51. The molecule has 0 bridgehead atoms. The van der Waals surface area contributed by atoms with Gasteiger partial charge in [-0.3, -0.25) is 0 Å². The zero-order valence-electron chi connectivity index (χ0n) is 26.2. The van der Waals surface area contributed by atoms with Gasteiger partial charge in [-0.2, -0.15) is 0 Å². The molecule has 0 radical (unpaired) electrons. The summed E-state index contributed by atoms with van der Waals surface area (Å²) in [5.41, 5.74) is 11.2. The van der Waals surface area contributed by atoms with E-state index in [1.165, 1.54) is 33.0 Å². The molecule has 44 heavy (non-hydrogen) atoms. The van der Waals surface area contributed by atoms with Crippen molar-refractivity contribution < 1.29 is 9.90 Å². The summed E-state index contributed by atoms with van der Waals surface area (Å²) in [5.74, 6) is -0.937. The lowest BCUT2D eigenvalue weighted by atomic mass is 9.64. The van der Waals surface area contributed by atoms with Crippen LogP contribution in [0, 0.1) is 12.3 Å². The van der Waals surface area contributed by atoms with Crippen molar-refractivity contribution in [2.75, 3.05) is 0 Å². The summed E-state index contributed by atoms with van der Waals surface area (Å²) in [6, 6.07) is 31.2. The molecule has 0 saturated carbocycles. The van der Waals surface area contributed by atoms with Crippen molar-refractivity contribution in [2.45, 2.75) is 52.9 Å². The quantitative estimate of drug-likeness (QED) is 0.171. The van der Waals surface area contributed by atoms with Crippen LogP contribution in [0.5, 0.6) is 0 Å². The lowest BCUT2D eigenvalue weighted by molar-refractivity contribution is -0.130. The molecule has 0 unspecified atom stereocenters. The third kappa shape index (κ3) is 4.70. The normalized spacial score (nSPS) is 17.1. The molecule has 0 amide bonds. The first kappa shape index (κ1) is 28.1. The smallest absolute Gasteiger partial charge is 0.336 e. The summed E-state index contributed by atoms with van der Waals surface area (Å²) in [6.07, 6.45) is 8.78. The van der Waals surface area contributed by atoms with Crippen LogP contribution >= 0.6 is 0 Å². The Bertz CT molecular complexity index is 2080. The van der Waals surface area contributed by atoms with E-state index < -0.39 is 5.97 Å². The SMILES string of the molecule is Cc1cc2c3c(ccc2cc1-c1ccc2ccccc2c1C=C(C(=O)O)c1ccccc1)C1=C(CC(C)(C)C=C1)CC3(C)C. The van der Waals surface area contributed by atoms with Crippen LogP contribution in [-0.4, -0.2) is 11.1 Å². The third-order valence-corrected chi connectivity index (χ3v) is 9.60. The van der Waals surface area contributed by atoms with E-state index >= 15 is 0 Å². The lowest BCUT2D eigenvalue weighted by Gasteiger charge is -2.40. The molecule has 0 saturated heterocycles. The van der Waals surface area contributed by atoms with Gasteiger partial charge in [-0.1, -0.05) is 130 Å². The molecule has 5 aromatic rings. The molecule has 7 rings (SSSR count). The van der Waals surface area contributed by atoms with Gasteiger partial charge in [0, 0.05) is 0 Å². The summed E-state index contributed by atoms with van der Waals surface area (Å²) in [6.45, 7) is 11.6. The molecular formula is C42H38O2. The van der Waals surface area contributed by atoms with Gasteiger partial charge in [0.25, 0.3) is 0 Å². The maximum atomic E-state index is 12.6. The van der Waals surface area contributed by atoms with Gasteiger partial charge in [0.2, 0.25) is 0 Å². The molecular weight excluding hydrogens is 536 g/mol. The van der Waals surface area contributed by atoms with Gasteiger partial charge in [0.15, 0.2) is 0 Å². The summed E-state index contributed by atoms with van der Waals surface area (Å²) >= 11 is 0. The van der Waals surface area contributed by atoms with Crippen molar-refractivity contribution in [3.63, 3.8) is 0 Å². The standard InChI is InChI=1S/C42H38O2/c1-26-21-36-29(16-18-34-32-19-20-41(2,3)24-30(32)25-42(4,5)39(34)36)22-35(26)33-17-15-28-13-9-10-14-31(28)38(33)23-37(40(43)44)27-11-7-6-8-12-27/h6-23H,24-25H2,1-5H3,(H,43,44). The van der Waals surface area contributed by atoms with Gasteiger partial charge in [0.1, 0.15) is 0 Å². The van der Waals surface area contributed by atoms with Gasteiger partial charge in [-0.25, -0.2) is 4.79 Å². The van der Waals surface area contributed by atoms with Crippen molar-refractivity contribution in [3.8, 4) is 11.1 Å². The average molecular weight is 575 g/mol. The van der Waals surface area contributed by atoms with E-state index in [0.29, 0.717) is 5.56 Å². The maximum Gasteiger partial charge on any atom is 0.336 e. The van der Waals surface area contributed by atoms with Crippen LogP contribution in [0.4, 0.5) is 0 Å². The number of aryl methyl sites for hydroxylation is 1. The summed E-state index contributed by atoms with van der Waals surface area (Å²) in [7, 11) is 0. The predicted molar refractivity (Wildman–Crippen MR) is 186 cm³/mol. The minimum atomic E-state index is -0.937. The van der Waals surface area contributed by atoms with Crippen molar-refractivity contribution >= 4 is 44.7 Å². The molecule has 0 atom stereocenters. The summed E-state index contributed by atoms with van der Waals surface area (Å²) in [4.78, 5) is 12.6. The highest BCUT2D eigenvalue weighted by molar-refractivity contribution is 6.22. The number of benzene rings is 5. The molecule has 0 aliphatic heterocycles. The first-order valence-corrected chi connectivity index (χ1v) is 15.5. The first-order chi connectivity index (χ1) is 21.0. The Labute approximate surface area is 260 Å². The topological polar surface area (TPSA) is 37.3 Å². The third-order valence-electron chi connectivity index (χ3n) is 9.60. The van der Waals surface area contributed by atoms with Crippen LogP contribution < -0.4 is 0 Å². The largest absolute Gasteiger partial charge is 0.478 e. The molecule has 2 aliphatic rings. The Morgan fingerprint density at radius 3 is 2.23 bits per heavy atom. The number of fused-ring (bicyclic) bond motifs is 5. The van der Waals surface area contributed by atoms with E-state index in [1.54, 1.807) is 5.57 Å². The lowest BCUT2D eigenvalue weighted by Crippen LogP contribution is -2.27. The number of hydrogen-bond donors (Lipinski definition) is 1. The fraction of sp³-hybridized carbons (Fsp3) is 0.214. The van der Waals surface area contributed by atoms with Gasteiger partial charge < -0.3 is 5.11 Å². The molecule has 0 spiro atoms. The average Bonchev–Trinajstić information content (AvgIpc) is 2.98. The number of rotatable bonds is 4. The molecule has 2 aliphatic carbocycles. The minimum Gasteiger partial charge on any atom is -0.478 e. The van der Waals surface area contributed by atoms with Crippen molar-refractivity contribution in [2.24, 2.45) is 5.41 Å². The predicted octanol–water partition coefficient (Wildman–Crippen LogP) is 11.0. The summed E-state index contributed by atoms with van der Waals surface area (Å²) < 4.78 is 0. The first-order valence-electron chi connectivity index (χ1n) is 15.5. The van der Waals surface area contributed by atoms with E-state index in [4.69, 9.17) is 0 Å². The van der Waals surface area contributed by atoms with E-state index in [2.05, 4.69) is 95.3 Å². The van der Waals surface area contributed by atoms with Gasteiger partial charge >= 0.3 is 5.97 Å². The zero-order valence-corrected chi connectivity index (χ0v) is 26.2. The molecule has 2 nitrogen and oxygen atoms in total. The van der Waals surface area contributed by atoms with E-state index in [0.717, 1.165) is 40.3 Å². The molecule has 1 N–H and O–H groups in total. The van der Waals surface area contributed by atoms with Gasteiger partial charge in [-0.05, 0) is 109 Å². The van der Waals surface area contributed by atoms with Gasteiger partial charge in [-0.15, -0.1) is 0 Å². The molecule has 218 valence electrons. The highest BCUT2D eigenvalue weighted by Crippen LogP contribution is 2.51. The van der Waals surface area contributed by atoms with Crippen LogP contribution in [0.15, 0.2) is 109 Å². The summed E-state index contributed by atoms with van der Waals surface area (Å²) in [5, 5.41) is 15.0. The Hall–Kier alpha value is -4.69. The number of carboxylic acids is 1. The van der Waals surface area contributed by atoms with Crippen molar-refractivity contribution in [3.05, 3.63) is 137 Å². The number of carboxylic acid groups (broad SMARTS) is 1. The van der Waals surface area contributed by atoms with E-state index in [-0.39, 0.29) is 16.4 Å². The Morgan fingerprint density at radius 1 is 0.750 bits per heavy atom. The maximum absolute atomic E-state index is 12.6. The Morgan fingerprint density at radius 2 is 1.45 bits per heavy atom. The molecule has 5 aromatic carbocycles. The minimum absolute atomic E-state index is 0.0197. The van der Waals surface area contributed by atoms with Crippen molar-refractivity contribution in [1.82, 2.24) is 0 Å². The Balaban J connectivity index is 1.46. The van der Waals surface area contributed by atoms with Crippen molar-refractivity contribution in [1.29, 1.82) is 0 Å². The van der Waals surface area contributed by atoms with Crippen LogP contribution in [0.2, 0.25) is 0 Å². The van der Waals surface area contributed by atoms with Crippen LogP contribution in [-0.2, 0) is 10.2 Å².